The fourth-order valence-electron chi connectivity index (χ4n) is 1.92. The zero-order valence-corrected chi connectivity index (χ0v) is 13.2. The lowest BCUT2D eigenvalue weighted by atomic mass is 10.2. The SMILES string of the molecule is CCCCCCN(CCO)C(=O)c1csc(C(C)N)n1. The van der Waals surface area contributed by atoms with E-state index < -0.39 is 0 Å². The summed E-state index contributed by atoms with van der Waals surface area (Å²) in [6, 6.07) is -0.155. The number of hydrogen-bond acceptors (Lipinski definition) is 5. The fraction of sp³-hybridized carbons (Fsp3) is 0.714. The number of rotatable bonds is 9. The van der Waals surface area contributed by atoms with Crippen LogP contribution < -0.4 is 5.73 Å². The summed E-state index contributed by atoms with van der Waals surface area (Å²) < 4.78 is 0. The van der Waals surface area contributed by atoms with E-state index in [0.717, 1.165) is 24.3 Å². The number of aromatic nitrogens is 1. The molecule has 3 N–H and O–H groups in total. The highest BCUT2D eigenvalue weighted by molar-refractivity contribution is 7.09. The van der Waals surface area contributed by atoms with Gasteiger partial charge in [-0.1, -0.05) is 26.2 Å². The van der Waals surface area contributed by atoms with Crippen molar-refractivity contribution in [3.8, 4) is 0 Å². The number of nitrogens with two attached hydrogens (primary N) is 1. The number of aliphatic hydroxyl groups excluding tert-OH is 1. The smallest absolute Gasteiger partial charge is 0.273 e. The van der Waals surface area contributed by atoms with Crippen molar-refractivity contribution in [2.45, 2.75) is 45.6 Å². The molecule has 6 heteroatoms. The van der Waals surface area contributed by atoms with Crippen molar-refractivity contribution in [3.05, 3.63) is 16.1 Å². The largest absolute Gasteiger partial charge is 0.395 e. The number of unbranched alkanes of at least 4 members (excludes halogenated alkanes) is 3. The van der Waals surface area contributed by atoms with Gasteiger partial charge in [0.15, 0.2) is 0 Å². The minimum Gasteiger partial charge on any atom is -0.395 e. The van der Waals surface area contributed by atoms with Crippen molar-refractivity contribution < 1.29 is 9.90 Å². The van der Waals surface area contributed by atoms with Crippen LogP contribution in [0.4, 0.5) is 0 Å². The molecule has 1 aromatic heterocycles. The molecule has 0 aliphatic heterocycles. The van der Waals surface area contributed by atoms with E-state index in [1.54, 1.807) is 10.3 Å². The molecule has 0 aliphatic rings. The van der Waals surface area contributed by atoms with Crippen LogP contribution >= 0.6 is 11.3 Å². The molecule has 114 valence electrons. The van der Waals surface area contributed by atoms with E-state index >= 15 is 0 Å². The summed E-state index contributed by atoms with van der Waals surface area (Å²) in [6.07, 6.45) is 4.40. The van der Waals surface area contributed by atoms with Crippen molar-refractivity contribution in [3.63, 3.8) is 0 Å². The molecule has 1 aromatic rings. The Bertz CT molecular complexity index is 407. The van der Waals surface area contributed by atoms with Crippen molar-refractivity contribution in [1.82, 2.24) is 9.88 Å². The molecule has 1 heterocycles. The molecular formula is C14H25N3O2S. The first kappa shape index (κ1) is 17.1. The van der Waals surface area contributed by atoms with Gasteiger partial charge >= 0.3 is 0 Å². The Morgan fingerprint density at radius 3 is 2.75 bits per heavy atom. The van der Waals surface area contributed by atoms with E-state index in [-0.39, 0.29) is 18.6 Å². The summed E-state index contributed by atoms with van der Waals surface area (Å²) >= 11 is 1.41. The van der Waals surface area contributed by atoms with Crippen LogP contribution in [0.3, 0.4) is 0 Å². The number of amides is 1. The Morgan fingerprint density at radius 1 is 1.45 bits per heavy atom. The van der Waals surface area contributed by atoms with Gasteiger partial charge in [0, 0.05) is 18.5 Å². The van der Waals surface area contributed by atoms with E-state index in [0.29, 0.717) is 18.8 Å². The molecule has 1 rings (SSSR count). The second-order valence-electron chi connectivity index (χ2n) is 4.94. The molecular weight excluding hydrogens is 274 g/mol. The maximum atomic E-state index is 12.4. The highest BCUT2D eigenvalue weighted by atomic mass is 32.1. The first-order valence-corrected chi connectivity index (χ1v) is 8.09. The van der Waals surface area contributed by atoms with Crippen LogP contribution in [-0.4, -0.2) is 40.6 Å². The topological polar surface area (TPSA) is 79.5 Å². The van der Waals surface area contributed by atoms with Crippen LogP contribution in [0.1, 0.15) is 61.1 Å². The highest BCUT2D eigenvalue weighted by Gasteiger charge is 2.18. The summed E-state index contributed by atoms with van der Waals surface area (Å²) in [5.41, 5.74) is 6.19. The molecule has 0 radical (unpaired) electrons. The summed E-state index contributed by atoms with van der Waals surface area (Å²) in [7, 11) is 0. The number of carbonyl (C=O) groups excluding carboxylic acids is 1. The second kappa shape index (κ2) is 9.05. The van der Waals surface area contributed by atoms with Crippen LogP contribution in [0.25, 0.3) is 0 Å². The van der Waals surface area contributed by atoms with Gasteiger partial charge in [0.05, 0.1) is 12.6 Å². The van der Waals surface area contributed by atoms with Crippen LogP contribution in [-0.2, 0) is 0 Å². The molecule has 5 nitrogen and oxygen atoms in total. The van der Waals surface area contributed by atoms with Gasteiger partial charge in [-0.15, -0.1) is 11.3 Å². The number of thiazole rings is 1. The standard InChI is InChI=1S/C14H25N3O2S/c1-3-4-5-6-7-17(8-9-18)14(19)12-10-20-13(16-12)11(2)15/h10-11,18H,3-9,15H2,1-2H3. The summed E-state index contributed by atoms with van der Waals surface area (Å²) in [5, 5.41) is 11.6. The first-order chi connectivity index (χ1) is 9.60. The van der Waals surface area contributed by atoms with E-state index in [1.807, 2.05) is 6.92 Å². The van der Waals surface area contributed by atoms with Crippen molar-refractivity contribution in [1.29, 1.82) is 0 Å². The van der Waals surface area contributed by atoms with Gasteiger partial charge in [-0.2, -0.15) is 0 Å². The van der Waals surface area contributed by atoms with Crippen molar-refractivity contribution in [2.24, 2.45) is 5.73 Å². The Kier molecular flexibility index (Phi) is 7.72. The quantitative estimate of drug-likeness (QED) is 0.685. The lowest BCUT2D eigenvalue weighted by molar-refractivity contribution is 0.0713. The summed E-state index contributed by atoms with van der Waals surface area (Å²) in [5.74, 6) is -0.112. The molecule has 0 saturated carbocycles. The summed E-state index contributed by atoms with van der Waals surface area (Å²) in [4.78, 5) is 18.3. The Hall–Kier alpha value is -0.980. The molecule has 0 aliphatic carbocycles. The Morgan fingerprint density at radius 2 is 2.20 bits per heavy atom. The van der Waals surface area contributed by atoms with E-state index in [2.05, 4.69) is 11.9 Å². The number of aliphatic hydroxyl groups is 1. The molecule has 20 heavy (non-hydrogen) atoms. The minimum absolute atomic E-state index is 0.0240. The Balaban J connectivity index is 2.61. The molecule has 1 atom stereocenters. The first-order valence-electron chi connectivity index (χ1n) is 7.21. The fourth-order valence-corrected chi connectivity index (χ4v) is 2.67. The summed E-state index contributed by atoms with van der Waals surface area (Å²) in [6.45, 7) is 5.01. The maximum absolute atomic E-state index is 12.4. The monoisotopic (exact) mass is 299 g/mol. The van der Waals surface area contributed by atoms with Gasteiger partial charge in [-0.3, -0.25) is 4.79 Å². The molecule has 0 bridgehead atoms. The molecule has 0 fully saturated rings. The number of carbonyl (C=O) groups is 1. The predicted octanol–water partition coefficient (Wildman–Crippen LogP) is 2.18. The minimum atomic E-state index is -0.155. The number of nitrogens with zero attached hydrogens (tertiary/aromatic N) is 2. The van der Waals surface area contributed by atoms with Crippen LogP contribution in [0.5, 0.6) is 0 Å². The zero-order valence-electron chi connectivity index (χ0n) is 12.3. The average molecular weight is 299 g/mol. The molecule has 1 amide bonds. The Labute approximate surface area is 124 Å². The normalized spacial score (nSPS) is 12.4. The van der Waals surface area contributed by atoms with Gasteiger partial charge in [0.25, 0.3) is 5.91 Å². The van der Waals surface area contributed by atoms with Gasteiger partial charge < -0.3 is 15.7 Å². The zero-order chi connectivity index (χ0) is 15.0. The van der Waals surface area contributed by atoms with Gasteiger partial charge in [0.2, 0.25) is 0 Å². The molecule has 0 aromatic carbocycles. The third kappa shape index (κ3) is 5.19. The second-order valence-corrected chi connectivity index (χ2v) is 5.83. The average Bonchev–Trinajstić information content (AvgIpc) is 2.91. The predicted molar refractivity (Wildman–Crippen MR) is 81.8 cm³/mol. The van der Waals surface area contributed by atoms with Crippen LogP contribution in [0.2, 0.25) is 0 Å². The lowest BCUT2D eigenvalue weighted by Crippen LogP contribution is -2.34. The van der Waals surface area contributed by atoms with Crippen LogP contribution in [0, 0.1) is 0 Å². The third-order valence-corrected chi connectivity index (χ3v) is 4.11. The molecule has 0 spiro atoms. The van der Waals surface area contributed by atoms with Gasteiger partial charge in [0.1, 0.15) is 10.7 Å². The van der Waals surface area contributed by atoms with Gasteiger partial charge in [-0.25, -0.2) is 4.98 Å². The van der Waals surface area contributed by atoms with Crippen molar-refractivity contribution in [2.75, 3.05) is 19.7 Å². The lowest BCUT2D eigenvalue weighted by Gasteiger charge is -2.20. The highest BCUT2D eigenvalue weighted by Crippen LogP contribution is 2.17. The van der Waals surface area contributed by atoms with E-state index in [4.69, 9.17) is 10.8 Å². The molecule has 0 saturated heterocycles. The van der Waals surface area contributed by atoms with Crippen molar-refractivity contribution >= 4 is 17.2 Å². The van der Waals surface area contributed by atoms with E-state index in [9.17, 15) is 4.79 Å². The van der Waals surface area contributed by atoms with Gasteiger partial charge in [-0.05, 0) is 13.3 Å². The third-order valence-electron chi connectivity index (χ3n) is 3.07. The van der Waals surface area contributed by atoms with E-state index in [1.165, 1.54) is 17.8 Å². The number of hydrogen-bond donors (Lipinski definition) is 2. The maximum Gasteiger partial charge on any atom is 0.273 e. The molecule has 1 unspecified atom stereocenters. The van der Waals surface area contributed by atoms with Crippen LogP contribution in [0.15, 0.2) is 5.38 Å².